The van der Waals surface area contributed by atoms with Crippen LogP contribution in [0.5, 0.6) is 5.75 Å². The summed E-state index contributed by atoms with van der Waals surface area (Å²) in [6.45, 7) is 6.39. The molecule has 3 rings (SSSR count). The number of benzene rings is 3. The highest BCUT2D eigenvalue weighted by atomic mass is 16.5. The van der Waals surface area contributed by atoms with Crippen LogP contribution in [0.4, 0.5) is 5.69 Å². The van der Waals surface area contributed by atoms with Crippen molar-refractivity contribution in [3.05, 3.63) is 95.1 Å². The first kappa shape index (κ1) is 22.7. The van der Waals surface area contributed by atoms with E-state index in [1.165, 1.54) is 5.56 Å². The molecule has 0 aliphatic heterocycles. The number of rotatable bonds is 6. The number of nitrogens with zero attached hydrogens (tertiary/aromatic N) is 1. The van der Waals surface area contributed by atoms with Crippen LogP contribution < -0.4 is 15.5 Å². The lowest BCUT2D eigenvalue weighted by atomic mass is 9.87. The molecule has 6 heteroatoms. The van der Waals surface area contributed by atoms with Gasteiger partial charge in [0.25, 0.3) is 11.8 Å². The van der Waals surface area contributed by atoms with E-state index in [2.05, 4.69) is 36.6 Å². The maximum atomic E-state index is 12.5. The zero-order valence-electron chi connectivity index (χ0n) is 18.7. The quantitative estimate of drug-likeness (QED) is 0.427. The van der Waals surface area contributed by atoms with Crippen LogP contribution in [0.25, 0.3) is 0 Å². The van der Waals surface area contributed by atoms with E-state index in [0.29, 0.717) is 22.6 Å². The van der Waals surface area contributed by atoms with Gasteiger partial charge in [0, 0.05) is 16.8 Å². The number of nitrogens with one attached hydrogen (secondary N) is 2. The minimum atomic E-state index is -0.347. The van der Waals surface area contributed by atoms with E-state index in [9.17, 15) is 9.59 Å². The van der Waals surface area contributed by atoms with Gasteiger partial charge in [0.2, 0.25) is 0 Å². The van der Waals surface area contributed by atoms with Gasteiger partial charge in [-0.2, -0.15) is 5.10 Å². The molecule has 0 bridgehead atoms. The summed E-state index contributed by atoms with van der Waals surface area (Å²) in [5.41, 5.74) is 6.10. The van der Waals surface area contributed by atoms with E-state index < -0.39 is 0 Å². The van der Waals surface area contributed by atoms with Crippen molar-refractivity contribution in [3.8, 4) is 5.75 Å². The van der Waals surface area contributed by atoms with Crippen LogP contribution in [-0.4, -0.2) is 25.1 Å². The number of amides is 2. The Morgan fingerprint density at radius 1 is 0.875 bits per heavy atom. The Labute approximate surface area is 188 Å². The minimum Gasteiger partial charge on any atom is -0.497 e. The molecule has 0 aliphatic rings. The summed E-state index contributed by atoms with van der Waals surface area (Å²) in [6.07, 6.45) is 1.54. The molecule has 2 N–H and O–H groups in total. The van der Waals surface area contributed by atoms with Crippen molar-refractivity contribution in [1.29, 1.82) is 0 Å². The number of carbonyl (C=O) groups excluding carboxylic acids is 2. The second-order valence-electron chi connectivity index (χ2n) is 8.33. The number of hydrogen-bond donors (Lipinski definition) is 2. The first-order valence-corrected chi connectivity index (χ1v) is 10.3. The molecule has 0 radical (unpaired) electrons. The van der Waals surface area contributed by atoms with E-state index >= 15 is 0 Å². The van der Waals surface area contributed by atoms with Crippen molar-refractivity contribution in [2.24, 2.45) is 5.10 Å². The fourth-order valence-electron chi connectivity index (χ4n) is 2.98. The largest absolute Gasteiger partial charge is 0.497 e. The standard InChI is InChI=1S/C26H27N3O3/c1-26(2,3)21-12-8-19(9-13-21)24(30)28-22-14-10-20(11-15-22)25(31)29-27-17-18-6-5-7-23(16-18)32-4/h5-17H,1-4H3,(H,28,30)(H,29,31)/b27-17+. The highest BCUT2D eigenvalue weighted by Crippen LogP contribution is 2.22. The molecule has 3 aromatic rings. The molecule has 0 saturated carbocycles. The van der Waals surface area contributed by atoms with E-state index in [1.807, 2.05) is 48.5 Å². The molecule has 164 valence electrons. The Bertz CT molecular complexity index is 1110. The van der Waals surface area contributed by atoms with Crippen LogP contribution in [0, 0.1) is 0 Å². The van der Waals surface area contributed by atoms with Crippen molar-refractivity contribution >= 4 is 23.7 Å². The van der Waals surface area contributed by atoms with Crippen molar-refractivity contribution in [2.75, 3.05) is 12.4 Å². The highest BCUT2D eigenvalue weighted by Gasteiger charge is 2.14. The monoisotopic (exact) mass is 429 g/mol. The first-order chi connectivity index (χ1) is 15.3. The molecular formula is C26H27N3O3. The molecule has 0 aromatic heterocycles. The molecule has 6 nitrogen and oxygen atoms in total. The Balaban J connectivity index is 1.57. The number of methoxy groups -OCH3 is 1. The Morgan fingerprint density at radius 3 is 2.12 bits per heavy atom. The average molecular weight is 430 g/mol. The summed E-state index contributed by atoms with van der Waals surface area (Å²) >= 11 is 0. The molecule has 2 amide bonds. The molecule has 32 heavy (non-hydrogen) atoms. The topological polar surface area (TPSA) is 79.8 Å². The molecule has 0 aliphatic carbocycles. The number of hydrogen-bond acceptors (Lipinski definition) is 4. The summed E-state index contributed by atoms with van der Waals surface area (Å²) in [5, 5.41) is 6.82. The maximum absolute atomic E-state index is 12.5. The second kappa shape index (κ2) is 9.92. The van der Waals surface area contributed by atoms with Crippen LogP contribution in [0.1, 0.15) is 52.6 Å². The van der Waals surface area contributed by atoms with Gasteiger partial charge in [0.15, 0.2) is 0 Å². The third-order valence-electron chi connectivity index (χ3n) is 4.89. The van der Waals surface area contributed by atoms with Gasteiger partial charge < -0.3 is 10.1 Å². The average Bonchev–Trinajstić information content (AvgIpc) is 2.79. The Hall–Kier alpha value is -3.93. The van der Waals surface area contributed by atoms with E-state index in [4.69, 9.17) is 4.74 Å². The third-order valence-corrected chi connectivity index (χ3v) is 4.89. The molecule has 3 aromatic carbocycles. The zero-order chi connectivity index (χ0) is 23.1. The summed E-state index contributed by atoms with van der Waals surface area (Å²) in [4.78, 5) is 24.8. The van der Waals surface area contributed by atoms with Crippen LogP contribution >= 0.6 is 0 Å². The van der Waals surface area contributed by atoms with E-state index in [1.54, 1.807) is 37.6 Å². The summed E-state index contributed by atoms with van der Waals surface area (Å²) in [7, 11) is 1.59. The van der Waals surface area contributed by atoms with Crippen molar-refractivity contribution in [3.63, 3.8) is 0 Å². The smallest absolute Gasteiger partial charge is 0.271 e. The molecule has 0 heterocycles. The molecule has 0 saturated heterocycles. The molecule has 0 fully saturated rings. The number of hydrazone groups is 1. The fourth-order valence-corrected chi connectivity index (χ4v) is 2.98. The molecule has 0 atom stereocenters. The third kappa shape index (κ3) is 6.04. The number of carbonyl (C=O) groups is 2. The van der Waals surface area contributed by atoms with E-state index in [0.717, 1.165) is 5.56 Å². The van der Waals surface area contributed by atoms with Gasteiger partial charge in [-0.1, -0.05) is 45.0 Å². The van der Waals surface area contributed by atoms with Crippen LogP contribution in [0.2, 0.25) is 0 Å². The summed E-state index contributed by atoms with van der Waals surface area (Å²) < 4.78 is 5.16. The maximum Gasteiger partial charge on any atom is 0.271 e. The summed E-state index contributed by atoms with van der Waals surface area (Å²) in [6, 6.07) is 21.5. The Kier molecular flexibility index (Phi) is 7.05. The van der Waals surface area contributed by atoms with Gasteiger partial charge >= 0.3 is 0 Å². The number of ether oxygens (including phenoxy) is 1. The fraction of sp³-hybridized carbons (Fsp3) is 0.192. The van der Waals surface area contributed by atoms with Gasteiger partial charge in [0.1, 0.15) is 5.75 Å². The summed E-state index contributed by atoms with van der Waals surface area (Å²) in [5.74, 6) is 0.161. The number of anilines is 1. The predicted molar refractivity (Wildman–Crippen MR) is 128 cm³/mol. The zero-order valence-corrected chi connectivity index (χ0v) is 18.7. The normalized spacial score (nSPS) is 11.2. The van der Waals surface area contributed by atoms with Crippen molar-refractivity contribution < 1.29 is 14.3 Å². The second-order valence-corrected chi connectivity index (χ2v) is 8.33. The Morgan fingerprint density at radius 2 is 1.50 bits per heavy atom. The predicted octanol–water partition coefficient (Wildman–Crippen LogP) is 5.01. The van der Waals surface area contributed by atoms with Crippen LogP contribution in [-0.2, 0) is 5.41 Å². The van der Waals surface area contributed by atoms with Crippen LogP contribution in [0.3, 0.4) is 0 Å². The van der Waals surface area contributed by atoms with Crippen LogP contribution in [0.15, 0.2) is 77.9 Å². The minimum absolute atomic E-state index is 0.0312. The van der Waals surface area contributed by atoms with Gasteiger partial charge in [-0.25, -0.2) is 5.43 Å². The lowest BCUT2D eigenvalue weighted by Crippen LogP contribution is -2.18. The molecule has 0 spiro atoms. The van der Waals surface area contributed by atoms with Gasteiger partial charge in [-0.05, 0) is 65.1 Å². The highest BCUT2D eigenvalue weighted by molar-refractivity contribution is 6.04. The molecule has 0 unspecified atom stereocenters. The molecular weight excluding hydrogens is 402 g/mol. The van der Waals surface area contributed by atoms with Gasteiger partial charge in [0.05, 0.1) is 13.3 Å². The van der Waals surface area contributed by atoms with E-state index in [-0.39, 0.29) is 17.2 Å². The lowest BCUT2D eigenvalue weighted by Gasteiger charge is -2.19. The van der Waals surface area contributed by atoms with Crippen molar-refractivity contribution in [1.82, 2.24) is 5.43 Å². The lowest BCUT2D eigenvalue weighted by molar-refractivity contribution is 0.0954. The SMILES string of the molecule is COc1cccc(/C=N/NC(=O)c2ccc(NC(=O)c3ccc(C(C)(C)C)cc3)cc2)c1. The van der Waals surface area contributed by atoms with Gasteiger partial charge in [-0.3, -0.25) is 9.59 Å². The van der Waals surface area contributed by atoms with Gasteiger partial charge in [-0.15, -0.1) is 0 Å². The van der Waals surface area contributed by atoms with Crippen molar-refractivity contribution in [2.45, 2.75) is 26.2 Å². The first-order valence-electron chi connectivity index (χ1n) is 10.3.